The van der Waals surface area contributed by atoms with Gasteiger partial charge in [-0.1, -0.05) is 51.0 Å². The predicted molar refractivity (Wildman–Crippen MR) is 58.7 cm³/mol. The number of aryl methyl sites for hydroxylation is 1. The Hall–Kier alpha value is -0.780. The molecule has 0 aliphatic rings. The van der Waals surface area contributed by atoms with Gasteiger partial charge in [0, 0.05) is 0 Å². The zero-order valence-corrected chi connectivity index (χ0v) is 8.72. The maximum absolute atomic E-state index is 2.36. The maximum atomic E-state index is 2.36. The van der Waals surface area contributed by atoms with Crippen LogP contribution < -0.4 is 0 Å². The van der Waals surface area contributed by atoms with Gasteiger partial charge in [0.05, 0.1) is 0 Å². The van der Waals surface area contributed by atoms with Crippen molar-refractivity contribution in [2.75, 3.05) is 0 Å². The van der Waals surface area contributed by atoms with Crippen LogP contribution in [0.5, 0.6) is 0 Å². The predicted octanol–water partition coefficient (Wildman–Crippen LogP) is 3.99. The van der Waals surface area contributed by atoms with Crippen molar-refractivity contribution in [3.8, 4) is 0 Å². The molecule has 71 valence electrons. The number of benzene rings is 1. The van der Waals surface area contributed by atoms with E-state index >= 15 is 0 Å². The van der Waals surface area contributed by atoms with Crippen LogP contribution in [0.25, 0.3) is 0 Å². The molecule has 0 bridgehead atoms. The number of rotatable bonds is 5. The minimum absolute atomic E-state index is 1.14. The number of hydrogen-bond acceptors (Lipinski definition) is 0. The molecule has 0 saturated carbocycles. The molecule has 0 saturated heterocycles. The first-order chi connectivity index (χ1) is 6.38. The smallest absolute Gasteiger partial charge is 0.00903 e. The van der Waals surface area contributed by atoms with Gasteiger partial charge in [0.1, 0.15) is 0 Å². The lowest BCUT2D eigenvalue weighted by atomic mass is 10.00. The molecule has 0 aromatic heterocycles. The topological polar surface area (TPSA) is 0 Å². The monoisotopic (exact) mass is 175 g/mol. The van der Waals surface area contributed by atoms with Gasteiger partial charge < -0.3 is 0 Å². The second-order valence-electron chi connectivity index (χ2n) is 3.40. The largest absolute Gasteiger partial charge is 0.0654 e. The van der Waals surface area contributed by atoms with E-state index in [4.69, 9.17) is 0 Å². The summed E-state index contributed by atoms with van der Waals surface area (Å²) in [5, 5.41) is 0. The molecule has 1 aromatic carbocycles. The SMILES string of the molecule is CCCC[CH]c1ccccc1CC. The second-order valence-corrected chi connectivity index (χ2v) is 3.40. The number of hydrogen-bond donors (Lipinski definition) is 0. The Kier molecular flexibility index (Phi) is 4.59. The van der Waals surface area contributed by atoms with Gasteiger partial charge >= 0.3 is 0 Å². The van der Waals surface area contributed by atoms with Crippen LogP contribution in [0, 0.1) is 6.42 Å². The van der Waals surface area contributed by atoms with Gasteiger partial charge in [0.15, 0.2) is 0 Å². The summed E-state index contributed by atoms with van der Waals surface area (Å²) in [6.45, 7) is 4.45. The molecule has 0 aliphatic heterocycles. The highest BCUT2D eigenvalue weighted by Gasteiger charge is 1.98. The minimum atomic E-state index is 1.14. The fourth-order valence-corrected chi connectivity index (χ4v) is 1.52. The molecule has 0 heterocycles. The third-order valence-corrected chi connectivity index (χ3v) is 2.36. The van der Waals surface area contributed by atoms with Crippen LogP contribution in [0.2, 0.25) is 0 Å². The third kappa shape index (κ3) is 3.22. The van der Waals surface area contributed by atoms with E-state index in [0.29, 0.717) is 0 Å². The molecule has 13 heavy (non-hydrogen) atoms. The Labute approximate surface area is 82.0 Å². The summed E-state index contributed by atoms with van der Waals surface area (Å²) < 4.78 is 0. The molecular weight excluding hydrogens is 156 g/mol. The van der Waals surface area contributed by atoms with Crippen molar-refractivity contribution in [2.24, 2.45) is 0 Å². The van der Waals surface area contributed by atoms with Gasteiger partial charge in [-0.25, -0.2) is 0 Å². The quantitative estimate of drug-likeness (QED) is 0.593. The van der Waals surface area contributed by atoms with Crippen LogP contribution in [0.15, 0.2) is 24.3 Å². The van der Waals surface area contributed by atoms with Gasteiger partial charge in [-0.3, -0.25) is 0 Å². The lowest BCUT2D eigenvalue weighted by Gasteiger charge is -2.05. The third-order valence-electron chi connectivity index (χ3n) is 2.36. The highest BCUT2D eigenvalue weighted by molar-refractivity contribution is 5.32. The molecule has 0 spiro atoms. The van der Waals surface area contributed by atoms with Crippen LogP contribution in [0.1, 0.15) is 44.2 Å². The van der Waals surface area contributed by atoms with Gasteiger partial charge in [-0.2, -0.15) is 0 Å². The van der Waals surface area contributed by atoms with E-state index in [-0.39, 0.29) is 0 Å². The van der Waals surface area contributed by atoms with Gasteiger partial charge in [-0.05, 0) is 30.4 Å². The lowest BCUT2D eigenvalue weighted by molar-refractivity contribution is 0.789. The van der Waals surface area contributed by atoms with Gasteiger partial charge in [-0.15, -0.1) is 0 Å². The minimum Gasteiger partial charge on any atom is -0.0654 e. The Morgan fingerprint density at radius 1 is 1.15 bits per heavy atom. The molecule has 0 fully saturated rings. The van der Waals surface area contributed by atoms with Crippen molar-refractivity contribution in [3.63, 3.8) is 0 Å². The van der Waals surface area contributed by atoms with E-state index in [0.717, 1.165) is 6.42 Å². The molecule has 0 N–H and O–H groups in total. The van der Waals surface area contributed by atoms with E-state index in [1.807, 2.05) is 0 Å². The molecule has 0 amide bonds. The molecule has 0 heteroatoms. The van der Waals surface area contributed by atoms with Crippen molar-refractivity contribution >= 4 is 0 Å². The first-order valence-electron chi connectivity index (χ1n) is 5.29. The lowest BCUT2D eigenvalue weighted by Crippen LogP contribution is -1.90. The van der Waals surface area contributed by atoms with E-state index in [1.54, 1.807) is 0 Å². The fraction of sp³-hybridized carbons (Fsp3) is 0.462. The summed E-state index contributed by atoms with van der Waals surface area (Å²) in [4.78, 5) is 0. The average Bonchev–Trinajstić information content (AvgIpc) is 2.19. The first kappa shape index (κ1) is 10.3. The summed E-state index contributed by atoms with van der Waals surface area (Å²) in [6.07, 6.45) is 7.30. The van der Waals surface area contributed by atoms with Crippen LogP contribution in [-0.4, -0.2) is 0 Å². The normalized spacial score (nSPS) is 10.3. The van der Waals surface area contributed by atoms with E-state index in [2.05, 4.69) is 44.5 Å². The standard InChI is InChI=1S/C13H19/c1-3-5-6-10-13-11-8-7-9-12(13)4-2/h7-11H,3-6H2,1-2H3. The molecule has 1 aromatic rings. The average molecular weight is 175 g/mol. The summed E-state index contributed by atoms with van der Waals surface area (Å²) in [5.74, 6) is 0. The highest BCUT2D eigenvalue weighted by Crippen LogP contribution is 2.14. The van der Waals surface area contributed by atoms with E-state index in [1.165, 1.54) is 30.4 Å². The van der Waals surface area contributed by atoms with Gasteiger partial charge in [0.25, 0.3) is 0 Å². The Morgan fingerprint density at radius 3 is 2.62 bits per heavy atom. The summed E-state index contributed by atoms with van der Waals surface area (Å²) in [7, 11) is 0. The first-order valence-corrected chi connectivity index (χ1v) is 5.29. The Balaban J connectivity index is 2.54. The molecule has 0 atom stereocenters. The van der Waals surface area contributed by atoms with Crippen LogP contribution in [0.3, 0.4) is 0 Å². The highest BCUT2D eigenvalue weighted by atomic mass is 14.0. The molecule has 0 nitrogen and oxygen atoms in total. The molecule has 1 radical (unpaired) electrons. The second kappa shape index (κ2) is 5.80. The summed E-state index contributed by atoms with van der Waals surface area (Å²) in [5.41, 5.74) is 2.90. The van der Waals surface area contributed by atoms with E-state index < -0.39 is 0 Å². The molecule has 0 aliphatic carbocycles. The zero-order chi connectivity index (χ0) is 9.52. The van der Waals surface area contributed by atoms with Crippen molar-refractivity contribution in [2.45, 2.75) is 39.5 Å². The Bertz CT molecular complexity index is 238. The maximum Gasteiger partial charge on any atom is -0.00903 e. The van der Waals surface area contributed by atoms with Crippen molar-refractivity contribution < 1.29 is 0 Å². The molecule has 0 unspecified atom stereocenters. The van der Waals surface area contributed by atoms with Crippen molar-refractivity contribution in [1.29, 1.82) is 0 Å². The summed E-state index contributed by atoms with van der Waals surface area (Å²) in [6, 6.07) is 8.68. The van der Waals surface area contributed by atoms with Gasteiger partial charge in [0.2, 0.25) is 0 Å². The summed E-state index contributed by atoms with van der Waals surface area (Å²) >= 11 is 0. The van der Waals surface area contributed by atoms with Crippen LogP contribution >= 0.6 is 0 Å². The Morgan fingerprint density at radius 2 is 1.92 bits per heavy atom. The van der Waals surface area contributed by atoms with Crippen molar-refractivity contribution in [1.82, 2.24) is 0 Å². The fourth-order valence-electron chi connectivity index (χ4n) is 1.52. The van der Waals surface area contributed by atoms with Crippen molar-refractivity contribution in [3.05, 3.63) is 41.8 Å². The van der Waals surface area contributed by atoms with Crippen LogP contribution in [0.4, 0.5) is 0 Å². The molecule has 1 rings (SSSR count). The van der Waals surface area contributed by atoms with E-state index in [9.17, 15) is 0 Å². The zero-order valence-electron chi connectivity index (χ0n) is 8.72. The number of unbranched alkanes of at least 4 members (excludes halogenated alkanes) is 2. The molecular formula is C13H19. The van der Waals surface area contributed by atoms with Crippen LogP contribution in [-0.2, 0) is 6.42 Å².